The van der Waals surface area contributed by atoms with Crippen LogP contribution >= 0.6 is 0 Å². The zero-order valence-electron chi connectivity index (χ0n) is 5.18. The first-order valence-electron chi connectivity index (χ1n) is 2.57. The molecule has 0 spiro atoms. The summed E-state index contributed by atoms with van der Waals surface area (Å²) < 4.78 is 10.8. The molecular weight excluding hydrogens is 122 g/mol. The van der Waals surface area contributed by atoms with Crippen LogP contribution in [0.5, 0.6) is 0 Å². The van der Waals surface area contributed by atoms with Gasteiger partial charge in [-0.25, -0.2) is 0 Å². The Morgan fingerprint density at radius 2 is 2.12 bits per heavy atom. The molecular formula is C5H11NOS. The van der Waals surface area contributed by atoms with E-state index in [-0.39, 0.29) is 5.41 Å². The van der Waals surface area contributed by atoms with Crippen molar-refractivity contribution in [2.24, 2.45) is 10.6 Å². The molecule has 0 radical (unpaired) electrons. The van der Waals surface area contributed by atoms with E-state index in [1.165, 1.54) is 0 Å². The molecule has 0 aromatic heterocycles. The van der Waals surface area contributed by atoms with Crippen molar-refractivity contribution in [3.63, 3.8) is 0 Å². The normalized spacial score (nSPS) is 42.4. The van der Waals surface area contributed by atoms with Crippen LogP contribution in [-0.4, -0.2) is 15.3 Å². The maximum atomic E-state index is 10.8. The molecule has 0 amide bonds. The Morgan fingerprint density at radius 3 is 2.12 bits per heavy atom. The van der Waals surface area contributed by atoms with Crippen molar-refractivity contribution in [2.45, 2.75) is 13.8 Å². The molecule has 0 fully saturated rings. The third-order valence-electron chi connectivity index (χ3n) is 1.12. The van der Waals surface area contributed by atoms with E-state index in [9.17, 15) is 4.21 Å². The highest BCUT2D eigenvalue weighted by Crippen LogP contribution is 2.22. The topological polar surface area (TPSA) is 43.1 Å². The number of nitrogens with two attached hydrogens (primary N) is 1. The van der Waals surface area contributed by atoms with Crippen LogP contribution in [-0.2, 0) is 9.71 Å². The van der Waals surface area contributed by atoms with E-state index in [0.29, 0.717) is 5.75 Å². The highest BCUT2D eigenvalue weighted by molar-refractivity contribution is 8.01. The van der Waals surface area contributed by atoms with Crippen molar-refractivity contribution < 1.29 is 4.21 Å². The second-order valence-corrected chi connectivity index (χ2v) is 5.11. The van der Waals surface area contributed by atoms with Gasteiger partial charge < -0.3 is 0 Å². The molecule has 1 atom stereocenters. The molecule has 48 valence electrons. The molecule has 8 heavy (non-hydrogen) atoms. The molecule has 1 aliphatic rings. The second kappa shape index (κ2) is 1.28. The molecule has 0 saturated heterocycles. The van der Waals surface area contributed by atoms with Gasteiger partial charge in [0, 0.05) is 20.9 Å². The molecule has 2 nitrogen and oxygen atoms in total. The monoisotopic (exact) mass is 133 g/mol. The van der Waals surface area contributed by atoms with E-state index in [4.69, 9.17) is 5.14 Å². The maximum absolute atomic E-state index is 10.8. The molecule has 3 heteroatoms. The van der Waals surface area contributed by atoms with Gasteiger partial charge in [-0.15, -0.1) is 0 Å². The minimum atomic E-state index is -1.96. The average Bonchev–Trinajstić information content (AvgIpc) is 1.20. The molecule has 0 saturated carbocycles. The van der Waals surface area contributed by atoms with E-state index in [0.717, 1.165) is 0 Å². The predicted molar refractivity (Wildman–Crippen MR) is 37.0 cm³/mol. The first-order valence-corrected chi connectivity index (χ1v) is 4.42. The summed E-state index contributed by atoms with van der Waals surface area (Å²) in [5.41, 5.74) is 0.131. The van der Waals surface area contributed by atoms with Crippen LogP contribution in [0, 0.1) is 5.41 Å². The zero-order chi connectivity index (χ0) is 6.41. The SMILES string of the molecule is CC1(C)C=S(N)(=O)C1. The number of hydrogen-bond acceptors (Lipinski definition) is 1. The first-order chi connectivity index (χ1) is 3.41. The molecule has 0 aliphatic carbocycles. The van der Waals surface area contributed by atoms with Crippen LogP contribution < -0.4 is 5.14 Å². The minimum Gasteiger partial charge on any atom is -0.259 e. The van der Waals surface area contributed by atoms with Gasteiger partial charge in [-0.3, -0.25) is 9.35 Å². The zero-order valence-corrected chi connectivity index (χ0v) is 5.99. The van der Waals surface area contributed by atoms with Crippen LogP contribution in [0.15, 0.2) is 0 Å². The third-order valence-corrected chi connectivity index (χ3v) is 3.35. The summed E-state index contributed by atoms with van der Waals surface area (Å²) in [6, 6.07) is 0. The van der Waals surface area contributed by atoms with Crippen LogP contribution in [0.2, 0.25) is 0 Å². The third kappa shape index (κ3) is 1.03. The second-order valence-electron chi connectivity index (χ2n) is 3.03. The lowest BCUT2D eigenvalue weighted by atomic mass is 10.00. The van der Waals surface area contributed by atoms with Crippen LogP contribution in [0.25, 0.3) is 0 Å². The van der Waals surface area contributed by atoms with E-state index < -0.39 is 9.71 Å². The minimum absolute atomic E-state index is 0.131. The van der Waals surface area contributed by atoms with Crippen molar-refractivity contribution >= 4 is 15.1 Å². The Kier molecular flexibility index (Phi) is 0.975. The summed E-state index contributed by atoms with van der Waals surface area (Å²) in [6.07, 6.45) is 0. The number of rotatable bonds is 0. The van der Waals surface area contributed by atoms with Crippen LogP contribution in [0.1, 0.15) is 13.8 Å². The number of hydrogen-bond donors (Lipinski definition) is 1. The fraction of sp³-hybridized carbons (Fsp3) is 0.800. The van der Waals surface area contributed by atoms with Gasteiger partial charge in [-0.1, -0.05) is 13.8 Å². The average molecular weight is 133 g/mol. The van der Waals surface area contributed by atoms with Gasteiger partial charge in [0.2, 0.25) is 0 Å². The maximum Gasteiger partial charge on any atom is 0.0381 e. The Morgan fingerprint density at radius 1 is 1.75 bits per heavy atom. The van der Waals surface area contributed by atoms with Crippen molar-refractivity contribution in [3.05, 3.63) is 0 Å². The molecule has 1 unspecified atom stereocenters. The Labute approximate surface area is 50.2 Å². The van der Waals surface area contributed by atoms with E-state index in [1.54, 1.807) is 5.37 Å². The Bertz CT molecular complexity index is 210. The summed E-state index contributed by atoms with van der Waals surface area (Å²) in [7, 11) is -1.96. The predicted octanol–water partition coefficient (Wildman–Crippen LogP) is -0.0135. The highest BCUT2D eigenvalue weighted by atomic mass is 32.2. The molecule has 1 heterocycles. The van der Waals surface area contributed by atoms with E-state index in [2.05, 4.69) is 0 Å². The van der Waals surface area contributed by atoms with Crippen molar-refractivity contribution in [1.82, 2.24) is 0 Å². The summed E-state index contributed by atoms with van der Waals surface area (Å²) >= 11 is 0. The molecule has 0 aromatic rings. The lowest BCUT2D eigenvalue weighted by Gasteiger charge is -2.31. The summed E-state index contributed by atoms with van der Waals surface area (Å²) in [6.45, 7) is 4.06. The smallest absolute Gasteiger partial charge is 0.0381 e. The van der Waals surface area contributed by atoms with Crippen molar-refractivity contribution in [1.29, 1.82) is 0 Å². The van der Waals surface area contributed by atoms with Gasteiger partial charge in [-0.2, -0.15) is 0 Å². The molecule has 2 N–H and O–H groups in total. The van der Waals surface area contributed by atoms with Gasteiger partial charge in [-0.05, 0) is 5.37 Å². The van der Waals surface area contributed by atoms with Crippen molar-refractivity contribution in [3.8, 4) is 0 Å². The van der Waals surface area contributed by atoms with E-state index >= 15 is 0 Å². The molecule has 1 rings (SSSR count). The summed E-state index contributed by atoms with van der Waals surface area (Å²) in [4.78, 5) is 0. The fourth-order valence-corrected chi connectivity index (χ4v) is 3.29. The molecule has 0 aromatic carbocycles. The lowest BCUT2D eigenvalue weighted by Crippen LogP contribution is -2.43. The Balaban J connectivity index is 2.93. The standard InChI is InChI=1S/C5H11NOS/c1-5(2)3-8(6,7)4-5/h3H,4H2,1-2H3,(H2,6,7). The summed E-state index contributed by atoms with van der Waals surface area (Å²) in [5, 5.41) is 7.01. The van der Waals surface area contributed by atoms with E-state index in [1.807, 2.05) is 13.8 Å². The first kappa shape index (κ1) is 6.11. The van der Waals surface area contributed by atoms with Crippen LogP contribution in [0.4, 0.5) is 0 Å². The highest BCUT2D eigenvalue weighted by Gasteiger charge is 2.29. The summed E-state index contributed by atoms with van der Waals surface area (Å²) in [5.74, 6) is 0.653. The van der Waals surface area contributed by atoms with Gasteiger partial charge in [0.25, 0.3) is 0 Å². The van der Waals surface area contributed by atoms with Crippen molar-refractivity contribution in [2.75, 3.05) is 5.75 Å². The van der Waals surface area contributed by atoms with Gasteiger partial charge in [0.1, 0.15) is 0 Å². The molecule has 1 aliphatic heterocycles. The lowest BCUT2D eigenvalue weighted by molar-refractivity contribution is 0.583. The van der Waals surface area contributed by atoms with Crippen LogP contribution in [0.3, 0.4) is 0 Å². The van der Waals surface area contributed by atoms with Gasteiger partial charge in [0.05, 0.1) is 0 Å². The van der Waals surface area contributed by atoms with Gasteiger partial charge >= 0.3 is 0 Å². The fourth-order valence-electron chi connectivity index (χ4n) is 1.10. The Hall–Kier alpha value is -0.0200. The largest absolute Gasteiger partial charge is 0.259 e. The molecule has 0 bridgehead atoms. The quantitative estimate of drug-likeness (QED) is 0.464. The van der Waals surface area contributed by atoms with Gasteiger partial charge in [0.15, 0.2) is 0 Å².